The quantitative estimate of drug-likeness (QED) is 0.261. The molecule has 1 rings (SSSR count). The van der Waals surface area contributed by atoms with Gasteiger partial charge in [0.05, 0.1) is 12.5 Å². The summed E-state index contributed by atoms with van der Waals surface area (Å²) in [5, 5.41) is 9.57. The molecule has 1 fully saturated rings. The first-order chi connectivity index (χ1) is 12.2. The molecule has 1 N–H and O–H groups in total. The molecule has 3 heteroatoms. The Balaban J connectivity index is 1.75. The summed E-state index contributed by atoms with van der Waals surface area (Å²) < 4.78 is 5.28. The maximum atomic E-state index is 11.3. The van der Waals surface area contributed by atoms with Crippen molar-refractivity contribution >= 4 is 5.97 Å². The molecule has 0 amide bonds. The van der Waals surface area contributed by atoms with E-state index in [0.29, 0.717) is 6.42 Å². The Morgan fingerprint density at radius 2 is 1.24 bits per heavy atom. The van der Waals surface area contributed by atoms with Gasteiger partial charge in [0.15, 0.2) is 0 Å². The van der Waals surface area contributed by atoms with Gasteiger partial charge in [-0.1, -0.05) is 96.8 Å². The second-order valence-corrected chi connectivity index (χ2v) is 7.94. The number of aliphatic hydroxyl groups is 1. The zero-order valence-electron chi connectivity index (χ0n) is 16.6. The summed E-state index contributed by atoms with van der Waals surface area (Å²) in [6, 6.07) is 0. The molecule has 0 bridgehead atoms. The van der Waals surface area contributed by atoms with Gasteiger partial charge >= 0.3 is 5.97 Å². The monoisotopic (exact) mass is 354 g/mol. The van der Waals surface area contributed by atoms with Crippen molar-refractivity contribution in [3.05, 3.63) is 0 Å². The van der Waals surface area contributed by atoms with Gasteiger partial charge in [-0.15, -0.1) is 0 Å². The smallest absolute Gasteiger partial charge is 0.308 e. The third kappa shape index (κ3) is 13.3. The average molecular weight is 355 g/mol. The molecule has 1 aliphatic heterocycles. The summed E-state index contributed by atoms with van der Waals surface area (Å²) in [6.45, 7) is 2.28. The predicted molar refractivity (Wildman–Crippen MR) is 105 cm³/mol. The zero-order chi connectivity index (χ0) is 18.2. The topological polar surface area (TPSA) is 46.5 Å². The minimum Gasteiger partial charge on any atom is -0.462 e. The molecule has 148 valence electrons. The Morgan fingerprint density at radius 3 is 1.68 bits per heavy atom. The van der Waals surface area contributed by atoms with Crippen LogP contribution in [0.3, 0.4) is 0 Å². The maximum absolute atomic E-state index is 11.3. The molecule has 25 heavy (non-hydrogen) atoms. The molecule has 1 aliphatic rings. The SMILES string of the molecule is CCCCCCCCCCCCCCCCCC1CC(O)CC(=O)O1. The van der Waals surface area contributed by atoms with E-state index in [0.717, 1.165) is 12.8 Å². The van der Waals surface area contributed by atoms with E-state index in [1.54, 1.807) is 0 Å². The molecular formula is C22H42O3. The van der Waals surface area contributed by atoms with E-state index in [2.05, 4.69) is 6.92 Å². The van der Waals surface area contributed by atoms with Gasteiger partial charge in [0.1, 0.15) is 6.10 Å². The van der Waals surface area contributed by atoms with Crippen molar-refractivity contribution in [2.45, 2.75) is 135 Å². The summed E-state index contributed by atoms with van der Waals surface area (Å²) in [5.74, 6) is -0.232. The number of carbonyl (C=O) groups excluding carboxylic acids is 1. The van der Waals surface area contributed by atoms with Crippen LogP contribution in [0.4, 0.5) is 0 Å². The number of unbranched alkanes of at least 4 members (excludes halogenated alkanes) is 14. The molecule has 3 nitrogen and oxygen atoms in total. The number of hydrogen-bond acceptors (Lipinski definition) is 3. The Hall–Kier alpha value is -0.570. The number of hydrogen-bond donors (Lipinski definition) is 1. The van der Waals surface area contributed by atoms with Crippen molar-refractivity contribution in [2.75, 3.05) is 0 Å². The fourth-order valence-electron chi connectivity index (χ4n) is 3.78. The molecule has 1 heterocycles. The number of ether oxygens (including phenoxy) is 1. The van der Waals surface area contributed by atoms with Crippen LogP contribution in [-0.2, 0) is 9.53 Å². The van der Waals surface area contributed by atoms with Crippen molar-refractivity contribution in [1.82, 2.24) is 0 Å². The predicted octanol–water partition coefficient (Wildman–Crippen LogP) is 6.31. The van der Waals surface area contributed by atoms with Crippen molar-refractivity contribution < 1.29 is 14.6 Å². The summed E-state index contributed by atoms with van der Waals surface area (Å²) in [5.41, 5.74) is 0. The van der Waals surface area contributed by atoms with Gasteiger partial charge in [-0.3, -0.25) is 4.79 Å². The van der Waals surface area contributed by atoms with Crippen molar-refractivity contribution in [1.29, 1.82) is 0 Å². The lowest BCUT2D eigenvalue weighted by Gasteiger charge is -2.25. The number of carbonyl (C=O) groups is 1. The zero-order valence-corrected chi connectivity index (χ0v) is 16.6. The van der Waals surface area contributed by atoms with E-state index >= 15 is 0 Å². The first-order valence-electron chi connectivity index (χ1n) is 11.1. The third-order valence-electron chi connectivity index (χ3n) is 5.37. The van der Waals surface area contributed by atoms with Crippen LogP contribution in [0.5, 0.6) is 0 Å². The van der Waals surface area contributed by atoms with Crippen molar-refractivity contribution in [3.63, 3.8) is 0 Å². The maximum Gasteiger partial charge on any atom is 0.308 e. The summed E-state index contributed by atoms with van der Waals surface area (Å²) in [6.07, 6.45) is 21.7. The Labute approximate surface area is 155 Å². The fraction of sp³-hybridized carbons (Fsp3) is 0.955. The van der Waals surface area contributed by atoms with Gasteiger partial charge in [-0.05, 0) is 12.8 Å². The molecule has 0 aromatic carbocycles. The van der Waals surface area contributed by atoms with Crippen LogP contribution in [-0.4, -0.2) is 23.3 Å². The van der Waals surface area contributed by atoms with E-state index in [4.69, 9.17) is 4.74 Å². The lowest BCUT2D eigenvalue weighted by Crippen LogP contribution is -2.32. The van der Waals surface area contributed by atoms with Gasteiger partial charge < -0.3 is 9.84 Å². The second-order valence-electron chi connectivity index (χ2n) is 7.94. The average Bonchev–Trinajstić information content (AvgIpc) is 2.57. The molecule has 0 saturated carbocycles. The molecule has 0 aliphatic carbocycles. The second kappa shape index (κ2) is 15.7. The number of cyclic esters (lactones) is 1. The molecule has 0 spiro atoms. The van der Waals surface area contributed by atoms with E-state index in [1.807, 2.05) is 0 Å². The standard InChI is InChI=1S/C22H42O3/c1-2-3-4-5-6-7-8-9-10-11-12-13-14-15-16-17-21-18-20(23)19-22(24)25-21/h20-21,23H,2-19H2,1H3. The largest absolute Gasteiger partial charge is 0.462 e. The van der Waals surface area contributed by atoms with Crippen LogP contribution >= 0.6 is 0 Å². The summed E-state index contributed by atoms with van der Waals surface area (Å²) in [4.78, 5) is 11.3. The first kappa shape index (κ1) is 22.5. The number of esters is 1. The van der Waals surface area contributed by atoms with Gasteiger partial charge in [-0.2, -0.15) is 0 Å². The van der Waals surface area contributed by atoms with Crippen LogP contribution in [0.15, 0.2) is 0 Å². The fourth-order valence-corrected chi connectivity index (χ4v) is 3.78. The van der Waals surface area contributed by atoms with E-state index < -0.39 is 6.10 Å². The summed E-state index contributed by atoms with van der Waals surface area (Å²) in [7, 11) is 0. The molecule has 2 unspecified atom stereocenters. The van der Waals surface area contributed by atoms with Crippen molar-refractivity contribution in [3.8, 4) is 0 Å². The van der Waals surface area contributed by atoms with Gasteiger partial charge in [0.2, 0.25) is 0 Å². The van der Waals surface area contributed by atoms with Crippen LogP contribution in [0.25, 0.3) is 0 Å². The Kier molecular flexibility index (Phi) is 14.1. The summed E-state index contributed by atoms with van der Waals surface area (Å²) >= 11 is 0. The minimum absolute atomic E-state index is 0.0433. The first-order valence-corrected chi connectivity index (χ1v) is 11.1. The van der Waals surface area contributed by atoms with Gasteiger partial charge in [0.25, 0.3) is 0 Å². The van der Waals surface area contributed by atoms with E-state index in [1.165, 1.54) is 89.9 Å². The van der Waals surface area contributed by atoms with Crippen LogP contribution < -0.4 is 0 Å². The normalized spacial score (nSPS) is 20.6. The highest BCUT2D eigenvalue weighted by Gasteiger charge is 2.26. The van der Waals surface area contributed by atoms with Crippen LogP contribution in [0.2, 0.25) is 0 Å². The molecule has 2 atom stereocenters. The lowest BCUT2D eigenvalue weighted by molar-refractivity contribution is -0.160. The van der Waals surface area contributed by atoms with E-state index in [9.17, 15) is 9.90 Å². The van der Waals surface area contributed by atoms with Crippen LogP contribution in [0, 0.1) is 0 Å². The Morgan fingerprint density at radius 1 is 0.800 bits per heavy atom. The highest BCUT2D eigenvalue weighted by Crippen LogP contribution is 2.20. The highest BCUT2D eigenvalue weighted by atomic mass is 16.5. The molecule has 0 radical (unpaired) electrons. The van der Waals surface area contributed by atoms with Crippen LogP contribution in [0.1, 0.15) is 122 Å². The molecule has 0 aromatic rings. The minimum atomic E-state index is -0.484. The highest BCUT2D eigenvalue weighted by molar-refractivity contribution is 5.70. The number of rotatable bonds is 16. The van der Waals surface area contributed by atoms with Gasteiger partial charge in [-0.25, -0.2) is 0 Å². The van der Waals surface area contributed by atoms with Gasteiger partial charge in [0, 0.05) is 6.42 Å². The molecular weight excluding hydrogens is 312 g/mol. The Bertz CT molecular complexity index is 316. The van der Waals surface area contributed by atoms with Crippen molar-refractivity contribution in [2.24, 2.45) is 0 Å². The van der Waals surface area contributed by atoms with E-state index in [-0.39, 0.29) is 18.5 Å². The molecule has 1 saturated heterocycles. The lowest BCUT2D eigenvalue weighted by atomic mass is 9.99. The third-order valence-corrected chi connectivity index (χ3v) is 5.37. The number of aliphatic hydroxyl groups excluding tert-OH is 1. The molecule has 0 aromatic heterocycles.